The average molecular weight is 271 g/mol. The quantitative estimate of drug-likeness (QED) is 0.847. The summed E-state index contributed by atoms with van der Waals surface area (Å²) in [4.78, 5) is 12.4. The van der Waals surface area contributed by atoms with Crippen molar-refractivity contribution in [2.75, 3.05) is 6.61 Å². The Labute approximate surface area is 112 Å². The zero-order valence-corrected chi connectivity index (χ0v) is 11.9. The molecule has 1 unspecified atom stereocenters. The number of aryl methyl sites for hydroxylation is 2. The number of hydrogen-bond acceptors (Lipinski definition) is 3. The molecule has 0 aromatic carbocycles. The van der Waals surface area contributed by atoms with Crippen molar-refractivity contribution in [3.63, 3.8) is 0 Å². The van der Waals surface area contributed by atoms with Crippen molar-refractivity contribution in [1.82, 2.24) is 9.78 Å². The van der Waals surface area contributed by atoms with Gasteiger partial charge in [-0.2, -0.15) is 5.10 Å². The normalized spacial score (nSPS) is 24.2. The molecule has 0 N–H and O–H groups in total. The molecule has 1 aromatic heterocycles. The van der Waals surface area contributed by atoms with Gasteiger partial charge in [-0.05, 0) is 33.1 Å². The van der Waals surface area contributed by atoms with Crippen LogP contribution in [-0.2, 0) is 23.0 Å². The number of hydrogen-bond donors (Lipinski definition) is 0. The molecular weight excluding hydrogens is 252 g/mol. The molecule has 0 amide bonds. The number of rotatable bonds is 3. The third kappa shape index (κ3) is 2.45. The minimum Gasteiger partial charge on any atom is -0.367 e. The van der Waals surface area contributed by atoms with E-state index in [1.54, 1.807) is 4.68 Å². The minimum atomic E-state index is -0.653. The topological polar surface area (TPSA) is 44.1 Å². The Kier molecular flexibility index (Phi) is 3.78. The van der Waals surface area contributed by atoms with Crippen LogP contribution in [0, 0.1) is 6.92 Å². The number of Topliss-reactive ketones (excluding diaryl/α,β-unsaturated/α-hetero) is 1. The molecule has 1 aliphatic rings. The number of aromatic nitrogens is 2. The van der Waals surface area contributed by atoms with E-state index < -0.39 is 5.60 Å². The number of ketones is 1. The Hall–Kier alpha value is -0.870. The van der Waals surface area contributed by atoms with E-state index in [0.717, 1.165) is 30.7 Å². The number of ether oxygens (including phenoxy) is 1. The van der Waals surface area contributed by atoms with Gasteiger partial charge in [0, 0.05) is 13.7 Å². The van der Waals surface area contributed by atoms with E-state index in [1.807, 2.05) is 20.9 Å². The first kappa shape index (κ1) is 13.6. The van der Waals surface area contributed by atoms with Crippen LogP contribution < -0.4 is 0 Å². The molecule has 0 radical (unpaired) electrons. The second kappa shape index (κ2) is 5.02. The fraction of sp³-hybridized carbons (Fsp3) is 0.692. The van der Waals surface area contributed by atoms with Crippen LogP contribution in [0.3, 0.4) is 0 Å². The molecule has 1 aliphatic heterocycles. The molecule has 4 nitrogen and oxygen atoms in total. The lowest BCUT2D eigenvalue weighted by atomic mass is 9.89. The van der Waals surface area contributed by atoms with Crippen molar-refractivity contribution in [1.29, 1.82) is 0 Å². The van der Waals surface area contributed by atoms with Gasteiger partial charge in [0.25, 0.3) is 0 Å². The molecule has 18 heavy (non-hydrogen) atoms. The maximum atomic E-state index is 12.4. The fourth-order valence-electron chi connectivity index (χ4n) is 2.37. The van der Waals surface area contributed by atoms with Crippen LogP contribution in [0.4, 0.5) is 0 Å². The van der Waals surface area contributed by atoms with Crippen molar-refractivity contribution in [2.24, 2.45) is 7.05 Å². The number of halogens is 1. The molecule has 0 saturated carbocycles. The predicted molar refractivity (Wildman–Crippen MR) is 69.9 cm³/mol. The van der Waals surface area contributed by atoms with Gasteiger partial charge in [-0.3, -0.25) is 9.48 Å². The van der Waals surface area contributed by atoms with Gasteiger partial charge in [0.15, 0.2) is 5.78 Å². The number of carbonyl (C=O) groups is 1. The summed E-state index contributed by atoms with van der Waals surface area (Å²) >= 11 is 6.17. The summed E-state index contributed by atoms with van der Waals surface area (Å²) in [5.74, 6) is 0.0899. The Morgan fingerprint density at radius 1 is 1.56 bits per heavy atom. The Bertz CT molecular complexity index is 462. The van der Waals surface area contributed by atoms with Crippen LogP contribution in [0.2, 0.25) is 5.02 Å². The van der Waals surface area contributed by atoms with E-state index in [1.165, 1.54) is 0 Å². The van der Waals surface area contributed by atoms with Crippen LogP contribution in [0.25, 0.3) is 0 Å². The number of carbonyl (C=O) groups excluding carboxylic acids is 1. The van der Waals surface area contributed by atoms with Crippen molar-refractivity contribution < 1.29 is 9.53 Å². The summed E-state index contributed by atoms with van der Waals surface area (Å²) in [6.07, 6.45) is 3.15. The van der Waals surface area contributed by atoms with Crippen LogP contribution in [0.1, 0.15) is 37.6 Å². The van der Waals surface area contributed by atoms with Gasteiger partial charge in [0.2, 0.25) is 0 Å². The van der Waals surface area contributed by atoms with E-state index in [2.05, 4.69) is 5.10 Å². The average Bonchev–Trinajstić information content (AvgIpc) is 2.57. The Morgan fingerprint density at radius 2 is 2.28 bits per heavy atom. The van der Waals surface area contributed by atoms with Crippen LogP contribution in [0.15, 0.2) is 0 Å². The lowest BCUT2D eigenvalue weighted by Crippen LogP contribution is -2.42. The summed E-state index contributed by atoms with van der Waals surface area (Å²) in [6, 6.07) is 0. The molecule has 0 spiro atoms. The highest BCUT2D eigenvalue weighted by molar-refractivity contribution is 6.32. The third-order valence-corrected chi connectivity index (χ3v) is 4.14. The standard InChI is InChI=1S/C13H19ClN2O2/c1-9-12(14)10(16(3)15-9)8-11(17)13(2)6-4-5-7-18-13/h4-8H2,1-3H3. The molecule has 0 aliphatic carbocycles. The van der Waals surface area contributed by atoms with Gasteiger partial charge in [-0.1, -0.05) is 11.6 Å². The highest BCUT2D eigenvalue weighted by Crippen LogP contribution is 2.28. The summed E-state index contributed by atoms with van der Waals surface area (Å²) in [5, 5.41) is 4.81. The Balaban J connectivity index is 2.16. The van der Waals surface area contributed by atoms with Gasteiger partial charge in [0.05, 0.1) is 22.8 Å². The lowest BCUT2D eigenvalue weighted by molar-refractivity contribution is -0.147. The zero-order valence-electron chi connectivity index (χ0n) is 11.1. The van der Waals surface area contributed by atoms with Gasteiger partial charge in [0.1, 0.15) is 5.60 Å². The SMILES string of the molecule is Cc1nn(C)c(CC(=O)C2(C)CCCCO2)c1Cl. The van der Waals surface area contributed by atoms with Gasteiger partial charge in [-0.25, -0.2) is 0 Å². The first-order valence-electron chi connectivity index (χ1n) is 6.29. The molecule has 1 fully saturated rings. The van der Waals surface area contributed by atoms with Crippen molar-refractivity contribution in [2.45, 2.75) is 45.1 Å². The first-order valence-corrected chi connectivity index (χ1v) is 6.67. The van der Waals surface area contributed by atoms with E-state index >= 15 is 0 Å². The molecule has 2 heterocycles. The second-order valence-corrected chi connectivity index (χ2v) is 5.48. The molecular formula is C13H19ClN2O2. The van der Waals surface area contributed by atoms with E-state index in [4.69, 9.17) is 16.3 Å². The molecule has 0 bridgehead atoms. The maximum Gasteiger partial charge on any atom is 0.170 e. The highest BCUT2D eigenvalue weighted by atomic mass is 35.5. The van der Waals surface area contributed by atoms with Gasteiger partial charge >= 0.3 is 0 Å². The van der Waals surface area contributed by atoms with Crippen molar-refractivity contribution in [3.8, 4) is 0 Å². The number of nitrogens with zero attached hydrogens (tertiary/aromatic N) is 2. The third-order valence-electron chi connectivity index (χ3n) is 3.65. The van der Waals surface area contributed by atoms with Crippen molar-refractivity contribution in [3.05, 3.63) is 16.4 Å². The predicted octanol–water partition coefficient (Wildman–Crippen LogP) is 2.45. The van der Waals surface area contributed by atoms with E-state index in [0.29, 0.717) is 11.6 Å². The van der Waals surface area contributed by atoms with Crippen LogP contribution in [0.5, 0.6) is 0 Å². The van der Waals surface area contributed by atoms with Gasteiger partial charge in [-0.15, -0.1) is 0 Å². The summed E-state index contributed by atoms with van der Waals surface area (Å²) in [6.45, 7) is 4.39. The van der Waals surface area contributed by atoms with E-state index in [-0.39, 0.29) is 12.2 Å². The molecule has 100 valence electrons. The van der Waals surface area contributed by atoms with Gasteiger partial charge < -0.3 is 4.74 Å². The molecule has 1 atom stereocenters. The minimum absolute atomic E-state index is 0.0899. The second-order valence-electron chi connectivity index (χ2n) is 5.11. The van der Waals surface area contributed by atoms with Crippen LogP contribution >= 0.6 is 11.6 Å². The molecule has 2 rings (SSSR count). The van der Waals surface area contributed by atoms with E-state index in [9.17, 15) is 4.79 Å². The molecule has 1 saturated heterocycles. The lowest BCUT2D eigenvalue weighted by Gasteiger charge is -2.32. The highest BCUT2D eigenvalue weighted by Gasteiger charge is 2.36. The maximum absolute atomic E-state index is 12.4. The van der Waals surface area contributed by atoms with Crippen LogP contribution in [-0.4, -0.2) is 27.8 Å². The molecule has 5 heteroatoms. The van der Waals surface area contributed by atoms with Crippen molar-refractivity contribution >= 4 is 17.4 Å². The fourth-order valence-corrected chi connectivity index (χ4v) is 2.59. The summed E-state index contributed by atoms with van der Waals surface area (Å²) in [5.41, 5.74) is 0.881. The monoisotopic (exact) mass is 270 g/mol. The summed E-state index contributed by atoms with van der Waals surface area (Å²) < 4.78 is 7.35. The Morgan fingerprint density at radius 3 is 2.78 bits per heavy atom. The zero-order chi connectivity index (χ0) is 13.3. The smallest absolute Gasteiger partial charge is 0.170 e. The largest absolute Gasteiger partial charge is 0.367 e. The first-order chi connectivity index (χ1) is 8.44. The molecule has 1 aromatic rings. The summed E-state index contributed by atoms with van der Waals surface area (Å²) in [7, 11) is 1.81.